The van der Waals surface area contributed by atoms with Crippen LogP contribution in [0.3, 0.4) is 0 Å². The number of urea groups is 1. The van der Waals surface area contributed by atoms with Crippen LogP contribution in [-0.2, 0) is 11.3 Å². The summed E-state index contributed by atoms with van der Waals surface area (Å²) >= 11 is 0. The first kappa shape index (κ1) is 17.3. The normalized spacial score (nSPS) is 23.9. The number of carbonyl (C=O) groups is 1. The summed E-state index contributed by atoms with van der Waals surface area (Å²) in [6.45, 7) is 5.75. The summed E-state index contributed by atoms with van der Waals surface area (Å²) in [4.78, 5) is 17.1. The van der Waals surface area contributed by atoms with Crippen molar-refractivity contribution in [2.75, 3.05) is 33.4 Å². The van der Waals surface area contributed by atoms with Gasteiger partial charge in [-0.3, -0.25) is 4.90 Å². The second kappa shape index (κ2) is 8.03. The van der Waals surface area contributed by atoms with E-state index in [0.717, 1.165) is 24.5 Å². The van der Waals surface area contributed by atoms with Crippen molar-refractivity contribution in [1.82, 2.24) is 15.1 Å². The van der Waals surface area contributed by atoms with Crippen LogP contribution in [0.5, 0.6) is 0 Å². The van der Waals surface area contributed by atoms with Crippen LogP contribution < -0.4 is 5.32 Å². The van der Waals surface area contributed by atoms with Crippen molar-refractivity contribution in [1.29, 1.82) is 0 Å². The molecule has 0 spiro atoms. The molecule has 6 heteroatoms. The number of nitrogens with one attached hydrogen (secondary N) is 1. The highest BCUT2D eigenvalue weighted by Crippen LogP contribution is 2.27. The molecule has 3 heterocycles. The third-order valence-corrected chi connectivity index (χ3v) is 5.16. The van der Waals surface area contributed by atoms with Crippen molar-refractivity contribution < 1.29 is 13.9 Å². The maximum absolute atomic E-state index is 12.8. The van der Waals surface area contributed by atoms with Gasteiger partial charge in [-0.25, -0.2) is 4.79 Å². The summed E-state index contributed by atoms with van der Waals surface area (Å²) < 4.78 is 10.8. The lowest BCUT2D eigenvalue weighted by Gasteiger charge is -2.33. The highest BCUT2D eigenvalue weighted by atomic mass is 16.5. The lowest BCUT2D eigenvalue weighted by atomic mass is 9.99. The number of hydrogen-bond acceptors (Lipinski definition) is 4. The van der Waals surface area contributed by atoms with Crippen LogP contribution in [0.15, 0.2) is 16.5 Å². The summed E-state index contributed by atoms with van der Waals surface area (Å²) in [5, 5.41) is 3.26. The first-order valence-electron chi connectivity index (χ1n) is 9.01. The fraction of sp³-hybridized carbons (Fsp3) is 0.722. The van der Waals surface area contributed by atoms with E-state index in [1.54, 1.807) is 12.0 Å². The number of nitrogens with zero attached hydrogens (tertiary/aromatic N) is 2. The van der Waals surface area contributed by atoms with Gasteiger partial charge in [-0.1, -0.05) is 6.42 Å². The number of aryl methyl sites for hydroxylation is 1. The molecule has 24 heavy (non-hydrogen) atoms. The van der Waals surface area contributed by atoms with Gasteiger partial charge in [-0.15, -0.1) is 0 Å². The average Bonchev–Trinajstić information content (AvgIpc) is 3.18. The molecule has 0 radical (unpaired) electrons. The number of carbonyl (C=O) groups excluding carboxylic acids is 1. The minimum atomic E-state index is -0.0153. The predicted octanol–water partition coefficient (Wildman–Crippen LogP) is 2.37. The number of ether oxygens (including phenoxy) is 1. The van der Waals surface area contributed by atoms with Crippen molar-refractivity contribution in [2.45, 2.75) is 51.2 Å². The first-order chi connectivity index (χ1) is 11.7. The van der Waals surface area contributed by atoms with Gasteiger partial charge in [0.05, 0.1) is 13.2 Å². The molecule has 3 rings (SSSR count). The molecule has 134 valence electrons. The lowest BCUT2D eigenvalue weighted by molar-refractivity contribution is 0.136. The zero-order chi connectivity index (χ0) is 16.9. The second-order valence-electron chi connectivity index (χ2n) is 6.87. The smallest absolute Gasteiger partial charge is 0.318 e. The van der Waals surface area contributed by atoms with Crippen LogP contribution >= 0.6 is 0 Å². The molecule has 2 aliphatic rings. The van der Waals surface area contributed by atoms with Crippen molar-refractivity contribution >= 4 is 6.03 Å². The number of methoxy groups -OCH3 is 1. The van der Waals surface area contributed by atoms with E-state index in [2.05, 4.69) is 10.2 Å². The summed E-state index contributed by atoms with van der Waals surface area (Å²) in [6.07, 6.45) is 4.80. The van der Waals surface area contributed by atoms with Gasteiger partial charge in [0.1, 0.15) is 11.5 Å². The zero-order valence-corrected chi connectivity index (χ0v) is 14.8. The van der Waals surface area contributed by atoms with E-state index in [1.165, 1.54) is 25.8 Å². The Balaban J connectivity index is 1.60. The van der Waals surface area contributed by atoms with Gasteiger partial charge in [0.15, 0.2) is 0 Å². The number of hydrogen-bond donors (Lipinski definition) is 1. The molecule has 2 fully saturated rings. The monoisotopic (exact) mass is 335 g/mol. The van der Waals surface area contributed by atoms with Crippen molar-refractivity contribution in [2.24, 2.45) is 0 Å². The lowest BCUT2D eigenvalue weighted by Crippen LogP contribution is -2.51. The molecule has 2 aliphatic heterocycles. The van der Waals surface area contributed by atoms with Crippen LogP contribution in [0, 0.1) is 6.92 Å². The fourth-order valence-electron chi connectivity index (χ4n) is 3.88. The largest absolute Gasteiger partial charge is 0.464 e. The number of amides is 2. The van der Waals surface area contributed by atoms with Crippen LogP contribution in [0.4, 0.5) is 4.79 Å². The molecule has 0 saturated carbocycles. The zero-order valence-electron chi connectivity index (χ0n) is 14.8. The van der Waals surface area contributed by atoms with Crippen LogP contribution in [-0.4, -0.2) is 61.3 Å². The first-order valence-corrected chi connectivity index (χ1v) is 9.01. The molecule has 0 aliphatic carbocycles. The SMILES string of the molecule is COCCN(Cc1ccc(C)o1)C(=O)N[C@H]1CCN2CCCC[C@@H]12. The third-order valence-electron chi connectivity index (χ3n) is 5.16. The Kier molecular flexibility index (Phi) is 5.79. The molecule has 0 aromatic carbocycles. The van der Waals surface area contributed by atoms with Gasteiger partial charge >= 0.3 is 6.03 Å². The van der Waals surface area contributed by atoms with Crippen molar-refractivity contribution in [3.8, 4) is 0 Å². The fourth-order valence-corrected chi connectivity index (χ4v) is 3.88. The molecule has 2 saturated heterocycles. The van der Waals surface area contributed by atoms with E-state index in [0.29, 0.717) is 25.7 Å². The van der Waals surface area contributed by atoms with E-state index >= 15 is 0 Å². The van der Waals surface area contributed by atoms with E-state index < -0.39 is 0 Å². The molecule has 2 atom stereocenters. The van der Waals surface area contributed by atoms with Crippen LogP contribution in [0.2, 0.25) is 0 Å². The van der Waals surface area contributed by atoms with Crippen molar-refractivity contribution in [3.63, 3.8) is 0 Å². The molecule has 0 bridgehead atoms. The topological polar surface area (TPSA) is 58.0 Å². The Morgan fingerprint density at radius 2 is 2.25 bits per heavy atom. The summed E-state index contributed by atoms with van der Waals surface area (Å²) in [7, 11) is 1.66. The van der Waals surface area contributed by atoms with Crippen LogP contribution in [0.1, 0.15) is 37.2 Å². The maximum atomic E-state index is 12.8. The Hall–Kier alpha value is -1.53. The Morgan fingerprint density at radius 3 is 3.00 bits per heavy atom. The van der Waals surface area contributed by atoms with E-state index in [4.69, 9.17) is 9.15 Å². The number of furan rings is 1. The number of piperidine rings is 1. The number of fused-ring (bicyclic) bond motifs is 1. The quantitative estimate of drug-likeness (QED) is 0.867. The van der Waals surface area contributed by atoms with E-state index in [1.807, 2.05) is 19.1 Å². The Labute approximate surface area is 144 Å². The van der Waals surface area contributed by atoms with Gasteiger partial charge in [-0.05, 0) is 44.9 Å². The molecular formula is C18H29N3O3. The summed E-state index contributed by atoms with van der Waals surface area (Å²) in [6, 6.07) is 4.62. The van der Waals surface area contributed by atoms with Gasteiger partial charge < -0.3 is 19.4 Å². The molecule has 0 unspecified atom stereocenters. The van der Waals surface area contributed by atoms with Crippen molar-refractivity contribution in [3.05, 3.63) is 23.7 Å². The minimum absolute atomic E-state index is 0.0153. The predicted molar refractivity (Wildman–Crippen MR) is 91.9 cm³/mol. The highest BCUT2D eigenvalue weighted by molar-refractivity contribution is 5.74. The highest BCUT2D eigenvalue weighted by Gasteiger charge is 2.36. The summed E-state index contributed by atoms with van der Waals surface area (Å²) in [5.41, 5.74) is 0. The van der Waals surface area contributed by atoms with Gasteiger partial charge in [-0.2, -0.15) is 0 Å². The molecule has 1 aromatic heterocycles. The van der Waals surface area contributed by atoms with Gasteiger partial charge in [0.2, 0.25) is 0 Å². The molecule has 1 N–H and O–H groups in total. The second-order valence-corrected chi connectivity index (χ2v) is 6.87. The van der Waals surface area contributed by atoms with E-state index in [9.17, 15) is 4.79 Å². The molecule has 2 amide bonds. The van der Waals surface area contributed by atoms with Crippen LogP contribution in [0.25, 0.3) is 0 Å². The average molecular weight is 335 g/mol. The molecule has 1 aromatic rings. The molecular weight excluding hydrogens is 306 g/mol. The van der Waals surface area contributed by atoms with E-state index in [-0.39, 0.29) is 12.1 Å². The standard InChI is InChI=1S/C18H29N3O3/c1-14-6-7-15(24-14)13-21(11-12-23-2)18(22)19-16-8-10-20-9-4-3-5-17(16)20/h6-7,16-17H,3-5,8-13H2,1-2H3,(H,19,22)/t16-,17-/m0/s1. The maximum Gasteiger partial charge on any atom is 0.318 e. The minimum Gasteiger partial charge on any atom is -0.464 e. The number of rotatable bonds is 6. The summed E-state index contributed by atoms with van der Waals surface area (Å²) in [5.74, 6) is 1.68. The van der Waals surface area contributed by atoms with Gasteiger partial charge in [0, 0.05) is 32.3 Å². The Morgan fingerprint density at radius 1 is 1.38 bits per heavy atom. The molecule has 6 nitrogen and oxygen atoms in total. The third kappa shape index (κ3) is 4.11. The van der Waals surface area contributed by atoms with Gasteiger partial charge in [0.25, 0.3) is 0 Å². The Bertz CT molecular complexity index is 545.